The van der Waals surface area contributed by atoms with E-state index in [0.29, 0.717) is 6.42 Å². The molecule has 0 N–H and O–H groups in total. The second-order valence-electron chi connectivity index (χ2n) is 3.14. The summed E-state index contributed by atoms with van der Waals surface area (Å²) in [6, 6.07) is 2.16. The van der Waals surface area contributed by atoms with Crippen molar-refractivity contribution < 1.29 is 4.74 Å². The van der Waals surface area contributed by atoms with Crippen molar-refractivity contribution in [2.75, 3.05) is 39.2 Å². The predicted octanol–water partition coefficient (Wildman–Crippen LogP) is 1.87. The third kappa shape index (κ3) is 8.31. The quantitative estimate of drug-likeness (QED) is 0.438. The zero-order valence-electron chi connectivity index (χ0n) is 8.84. The van der Waals surface area contributed by atoms with Crippen molar-refractivity contribution in [2.45, 2.75) is 19.3 Å². The minimum absolute atomic E-state index is 0.588. The van der Waals surface area contributed by atoms with E-state index in [9.17, 15) is 0 Å². The summed E-state index contributed by atoms with van der Waals surface area (Å²) in [6.45, 7) is 3.48. The molecule has 0 aliphatic carbocycles. The first kappa shape index (κ1) is 13.7. The van der Waals surface area contributed by atoms with Crippen LogP contribution in [0.25, 0.3) is 0 Å². The summed E-state index contributed by atoms with van der Waals surface area (Å²) in [6.07, 6.45) is 2.72. The molecule has 0 radical (unpaired) electrons. The highest BCUT2D eigenvalue weighted by atomic mass is 35.5. The predicted molar refractivity (Wildman–Crippen MR) is 58.5 cm³/mol. The van der Waals surface area contributed by atoms with Gasteiger partial charge in [-0.3, -0.25) is 0 Å². The van der Waals surface area contributed by atoms with Gasteiger partial charge >= 0.3 is 0 Å². The second-order valence-corrected chi connectivity index (χ2v) is 3.52. The van der Waals surface area contributed by atoms with E-state index in [1.54, 1.807) is 7.11 Å². The molecule has 0 aliphatic rings. The van der Waals surface area contributed by atoms with Crippen LogP contribution in [-0.2, 0) is 4.74 Å². The van der Waals surface area contributed by atoms with Gasteiger partial charge in [0.15, 0.2) is 0 Å². The van der Waals surface area contributed by atoms with Gasteiger partial charge in [0.25, 0.3) is 0 Å². The van der Waals surface area contributed by atoms with Gasteiger partial charge in [-0.2, -0.15) is 5.26 Å². The number of nitriles is 1. The fourth-order valence-electron chi connectivity index (χ4n) is 1.19. The zero-order chi connectivity index (χ0) is 10.6. The molecule has 0 atom stereocenters. The van der Waals surface area contributed by atoms with Crippen molar-refractivity contribution in [1.29, 1.82) is 5.26 Å². The number of methoxy groups -OCH3 is 1. The Labute approximate surface area is 91.6 Å². The standard InChI is InChI=1S/C10H19ClN2O/c1-14-10-9-13(8-4-6-12)7-3-2-5-11/h2-5,7-10H2,1H3. The highest BCUT2D eigenvalue weighted by Crippen LogP contribution is 1.98. The Morgan fingerprint density at radius 3 is 2.64 bits per heavy atom. The van der Waals surface area contributed by atoms with Gasteiger partial charge in [-0.15, -0.1) is 11.6 Å². The molecule has 0 fully saturated rings. The molecule has 0 aromatic heterocycles. The number of ether oxygens (including phenoxy) is 1. The van der Waals surface area contributed by atoms with Crippen molar-refractivity contribution in [3.05, 3.63) is 0 Å². The molecule has 0 heterocycles. The van der Waals surface area contributed by atoms with Crippen LogP contribution in [0, 0.1) is 11.3 Å². The molecule has 0 bridgehead atoms. The number of rotatable bonds is 9. The van der Waals surface area contributed by atoms with E-state index in [0.717, 1.165) is 45.0 Å². The average Bonchev–Trinajstić information content (AvgIpc) is 2.21. The van der Waals surface area contributed by atoms with Crippen molar-refractivity contribution in [3.63, 3.8) is 0 Å². The second kappa shape index (κ2) is 10.8. The summed E-state index contributed by atoms with van der Waals surface area (Å²) in [4.78, 5) is 2.25. The first-order valence-electron chi connectivity index (χ1n) is 4.99. The van der Waals surface area contributed by atoms with Crippen LogP contribution in [0.5, 0.6) is 0 Å². The first-order chi connectivity index (χ1) is 6.85. The Hall–Kier alpha value is -0.300. The van der Waals surface area contributed by atoms with Crippen LogP contribution < -0.4 is 0 Å². The molecule has 0 aliphatic heterocycles. The summed E-state index contributed by atoms with van der Waals surface area (Å²) in [7, 11) is 1.70. The lowest BCUT2D eigenvalue weighted by Crippen LogP contribution is -2.29. The Balaban J connectivity index is 3.56. The van der Waals surface area contributed by atoms with Gasteiger partial charge in [-0.25, -0.2) is 0 Å². The number of hydrogen-bond donors (Lipinski definition) is 0. The van der Waals surface area contributed by atoms with Crippen LogP contribution in [0.3, 0.4) is 0 Å². The number of alkyl halides is 1. The molecule has 0 saturated heterocycles. The summed E-state index contributed by atoms with van der Waals surface area (Å²) in [5.41, 5.74) is 0. The lowest BCUT2D eigenvalue weighted by atomic mass is 10.3. The molecule has 82 valence electrons. The van der Waals surface area contributed by atoms with Gasteiger partial charge in [0.05, 0.1) is 12.7 Å². The van der Waals surface area contributed by atoms with Gasteiger partial charge < -0.3 is 9.64 Å². The van der Waals surface area contributed by atoms with Crippen LogP contribution in [0.4, 0.5) is 0 Å². The molecule has 0 aromatic carbocycles. The van der Waals surface area contributed by atoms with Crippen LogP contribution in [0.2, 0.25) is 0 Å². The monoisotopic (exact) mass is 218 g/mol. The summed E-state index contributed by atoms with van der Waals surface area (Å²) >= 11 is 5.60. The van der Waals surface area contributed by atoms with E-state index in [1.165, 1.54) is 0 Å². The van der Waals surface area contributed by atoms with Crippen molar-refractivity contribution in [2.24, 2.45) is 0 Å². The van der Waals surface area contributed by atoms with E-state index < -0.39 is 0 Å². The molecule has 0 saturated carbocycles. The van der Waals surface area contributed by atoms with Crippen LogP contribution in [0.15, 0.2) is 0 Å². The molecule has 0 aromatic rings. The molecule has 0 unspecified atom stereocenters. The molecule has 14 heavy (non-hydrogen) atoms. The smallest absolute Gasteiger partial charge is 0.0635 e. The molecule has 0 spiro atoms. The highest BCUT2D eigenvalue weighted by Gasteiger charge is 2.03. The molecule has 0 amide bonds. The number of halogens is 1. The van der Waals surface area contributed by atoms with Crippen LogP contribution >= 0.6 is 11.6 Å². The van der Waals surface area contributed by atoms with E-state index in [1.807, 2.05) is 0 Å². The van der Waals surface area contributed by atoms with Crippen LogP contribution in [-0.4, -0.2) is 44.1 Å². The van der Waals surface area contributed by atoms with Crippen molar-refractivity contribution in [1.82, 2.24) is 4.90 Å². The lowest BCUT2D eigenvalue weighted by molar-refractivity contribution is 0.148. The first-order valence-corrected chi connectivity index (χ1v) is 5.52. The van der Waals surface area contributed by atoms with Gasteiger partial charge in [-0.05, 0) is 19.4 Å². The summed E-state index contributed by atoms with van der Waals surface area (Å²) in [5.74, 6) is 0.719. The summed E-state index contributed by atoms with van der Waals surface area (Å²) in [5, 5.41) is 8.48. The summed E-state index contributed by atoms with van der Waals surface area (Å²) < 4.78 is 5.01. The van der Waals surface area contributed by atoms with Crippen molar-refractivity contribution in [3.8, 4) is 6.07 Å². The zero-order valence-corrected chi connectivity index (χ0v) is 9.59. The SMILES string of the molecule is COCCN(CCC#N)CCCCCl. The number of hydrogen-bond acceptors (Lipinski definition) is 3. The largest absolute Gasteiger partial charge is 0.383 e. The average molecular weight is 219 g/mol. The highest BCUT2D eigenvalue weighted by molar-refractivity contribution is 6.17. The van der Waals surface area contributed by atoms with Gasteiger partial charge in [0.2, 0.25) is 0 Å². The fraction of sp³-hybridized carbons (Fsp3) is 0.900. The molecule has 3 nitrogen and oxygen atoms in total. The fourth-order valence-corrected chi connectivity index (χ4v) is 1.38. The maximum atomic E-state index is 8.48. The maximum absolute atomic E-state index is 8.48. The minimum Gasteiger partial charge on any atom is -0.383 e. The Morgan fingerprint density at radius 2 is 2.07 bits per heavy atom. The minimum atomic E-state index is 0.588. The number of nitrogens with zero attached hydrogens (tertiary/aromatic N) is 2. The molecule has 0 rings (SSSR count). The Bertz CT molecular complexity index is 159. The van der Waals surface area contributed by atoms with E-state index >= 15 is 0 Å². The normalized spacial score (nSPS) is 10.4. The van der Waals surface area contributed by atoms with E-state index in [4.69, 9.17) is 21.6 Å². The lowest BCUT2D eigenvalue weighted by Gasteiger charge is -2.20. The van der Waals surface area contributed by atoms with E-state index in [-0.39, 0.29) is 0 Å². The van der Waals surface area contributed by atoms with Gasteiger partial charge in [0, 0.05) is 32.5 Å². The van der Waals surface area contributed by atoms with Gasteiger partial charge in [-0.1, -0.05) is 0 Å². The number of unbranched alkanes of at least 4 members (excludes halogenated alkanes) is 1. The van der Waals surface area contributed by atoms with Gasteiger partial charge in [0.1, 0.15) is 0 Å². The maximum Gasteiger partial charge on any atom is 0.0635 e. The molecule has 4 heteroatoms. The van der Waals surface area contributed by atoms with Crippen LogP contribution in [0.1, 0.15) is 19.3 Å². The third-order valence-corrected chi connectivity index (χ3v) is 2.28. The topological polar surface area (TPSA) is 36.3 Å². The third-order valence-electron chi connectivity index (χ3n) is 2.01. The molecular weight excluding hydrogens is 200 g/mol. The van der Waals surface area contributed by atoms with Crippen molar-refractivity contribution >= 4 is 11.6 Å². The Kier molecular flexibility index (Phi) is 10.5. The Morgan fingerprint density at radius 1 is 1.29 bits per heavy atom. The van der Waals surface area contributed by atoms with E-state index in [2.05, 4.69) is 11.0 Å². The molecular formula is C10H19ClN2O.